The summed E-state index contributed by atoms with van der Waals surface area (Å²) in [6.07, 6.45) is 0.163. The van der Waals surface area contributed by atoms with E-state index in [2.05, 4.69) is 5.32 Å². The number of amides is 2. The first kappa shape index (κ1) is 18.6. The van der Waals surface area contributed by atoms with Crippen molar-refractivity contribution in [1.29, 1.82) is 0 Å². The number of aryl methyl sites for hydroxylation is 1. The van der Waals surface area contributed by atoms with Crippen molar-refractivity contribution >= 4 is 11.8 Å². The van der Waals surface area contributed by atoms with Crippen LogP contribution in [0.3, 0.4) is 0 Å². The largest absolute Gasteiger partial charge is 0.357 e. The Hall–Kier alpha value is -2.69. The Morgan fingerprint density at radius 3 is 2.36 bits per heavy atom. The number of hydrogen-bond acceptors (Lipinski definition) is 2. The molecule has 0 unspecified atom stereocenters. The Balaban J connectivity index is 2.23. The molecule has 4 nitrogen and oxygen atoms in total. The summed E-state index contributed by atoms with van der Waals surface area (Å²) < 4.78 is 14.0. The molecule has 0 aromatic heterocycles. The third-order valence-corrected chi connectivity index (χ3v) is 4.19. The molecule has 5 heteroatoms. The average molecular weight is 342 g/mol. The Labute approximate surface area is 147 Å². The van der Waals surface area contributed by atoms with Gasteiger partial charge in [-0.1, -0.05) is 48.0 Å². The van der Waals surface area contributed by atoms with E-state index in [1.807, 2.05) is 31.2 Å². The summed E-state index contributed by atoms with van der Waals surface area (Å²) in [5, 5.41) is 2.55. The second-order valence-corrected chi connectivity index (χ2v) is 6.07. The van der Waals surface area contributed by atoms with Crippen molar-refractivity contribution in [2.45, 2.75) is 32.9 Å². The van der Waals surface area contributed by atoms with Crippen molar-refractivity contribution in [1.82, 2.24) is 10.2 Å². The minimum atomic E-state index is -0.692. The van der Waals surface area contributed by atoms with Crippen LogP contribution in [-0.2, 0) is 22.6 Å². The van der Waals surface area contributed by atoms with E-state index in [9.17, 15) is 14.0 Å². The number of nitrogens with zero attached hydrogens (tertiary/aromatic N) is 1. The molecule has 0 bridgehead atoms. The van der Waals surface area contributed by atoms with Crippen LogP contribution in [0.15, 0.2) is 48.5 Å². The maximum atomic E-state index is 14.0. The van der Waals surface area contributed by atoms with Gasteiger partial charge in [-0.2, -0.15) is 0 Å². The minimum absolute atomic E-state index is 0.0476. The standard InChI is InChI=1S/C20H23FN2O2/c1-14-8-10-16(11-9-14)12-19(24)23(15(2)20(25)22-3)13-17-6-4-5-7-18(17)21/h4-11,15H,12-13H2,1-3H3,(H,22,25)/t15-/m0/s1. The van der Waals surface area contributed by atoms with Gasteiger partial charge in [0.2, 0.25) is 11.8 Å². The second kappa shape index (κ2) is 8.42. The Kier molecular flexibility index (Phi) is 6.28. The summed E-state index contributed by atoms with van der Waals surface area (Å²) in [5.41, 5.74) is 2.35. The lowest BCUT2D eigenvalue weighted by molar-refractivity contribution is -0.139. The van der Waals surface area contributed by atoms with Crippen molar-refractivity contribution in [3.8, 4) is 0 Å². The summed E-state index contributed by atoms with van der Waals surface area (Å²) in [6, 6.07) is 13.2. The van der Waals surface area contributed by atoms with Gasteiger partial charge < -0.3 is 10.2 Å². The summed E-state index contributed by atoms with van der Waals surface area (Å²) in [4.78, 5) is 26.2. The van der Waals surface area contributed by atoms with Crippen LogP contribution >= 0.6 is 0 Å². The number of benzene rings is 2. The molecule has 132 valence electrons. The normalized spacial score (nSPS) is 11.7. The van der Waals surface area contributed by atoms with Gasteiger partial charge in [-0.25, -0.2) is 4.39 Å². The Morgan fingerprint density at radius 1 is 1.12 bits per heavy atom. The van der Waals surface area contributed by atoms with Gasteiger partial charge in [0.1, 0.15) is 11.9 Å². The lowest BCUT2D eigenvalue weighted by Gasteiger charge is -2.28. The van der Waals surface area contributed by atoms with Gasteiger partial charge in [-0.3, -0.25) is 9.59 Å². The molecule has 0 saturated carbocycles. The summed E-state index contributed by atoms with van der Waals surface area (Å²) in [6.45, 7) is 3.67. The van der Waals surface area contributed by atoms with Gasteiger partial charge in [0, 0.05) is 19.2 Å². The van der Waals surface area contributed by atoms with E-state index in [-0.39, 0.29) is 30.6 Å². The minimum Gasteiger partial charge on any atom is -0.357 e. The fourth-order valence-corrected chi connectivity index (χ4v) is 2.58. The van der Waals surface area contributed by atoms with E-state index in [1.54, 1.807) is 25.1 Å². The third kappa shape index (κ3) is 4.89. The first-order chi connectivity index (χ1) is 11.9. The zero-order valence-electron chi connectivity index (χ0n) is 14.8. The molecular weight excluding hydrogens is 319 g/mol. The number of halogens is 1. The zero-order chi connectivity index (χ0) is 18.4. The van der Waals surface area contributed by atoms with Crippen molar-refractivity contribution in [3.05, 3.63) is 71.0 Å². The molecular formula is C20H23FN2O2. The monoisotopic (exact) mass is 342 g/mol. The highest BCUT2D eigenvalue weighted by Crippen LogP contribution is 2.15. The third-order valence-electron chi connectivity index (χ3n) is 4.19. The van der Waals surface area contributed by atoms with Gasteiger partial charge in [0.05, 0.1) is 6.42 Å². The van der Waals surface area contributed by atoms with Crippen LogP contribution in [0.5, 0.6) is 0 Å². The van der Waals surface area contributed by atoms with Crippen LogP contribution in [0.1, 0.15) is 23.6 Å². The number of likely N-dealkylation sites (N-methyl/N-ethyl adjacent to an activating group) is 1. The van der Waals surface area contributed by atoms with E-state index in [0.717, 1.165) is 11.1 Å². The molecule has 0 spiro atoms. The highest BCUT2D eigenvalue weighted by molar-refractivity contribution is 5.88. The van der Waals surface area contributed by atoms with Crippen LogP contribution in [0, 0.1) is 12.7 Å². The van der Waals surface area contributed by atoms with Gasteiger partial charge in [0.15, 0.2) is 0 Å². The highest BCUT2D eigenvalue weighted by atomic mass is 19.1. The topological polar surface area (TPSA) is 49.4 Å². The molecule has 2 aromatic carbocycles. The van der Waals surface area contributed by atoms with E-state index < -0.39 is 6.04 Å². The molecule has 0 heterocycles. The molecule has 0 radical (unpaired) electrons. The second-order valence-electron chi connectivity index (χ2n) is 6.07. The summed E-state index contributed by atoms with van der Waals surface area (Å²) >= 11 is 0. The van der Waals surface area contributed by atoms with E-state index in [1.165, 1.54) is 18.0 Å². The van der Waals surface area contributed by atoms with Crippen LogP contribution in [-0.4, -0.2) is 29.8 Å². The zero-order valence-corrected chi connectivity index (χ0v) is 14.8. The van der Waals surface area contributed by atoms with Crippen molar-refractivity contribution in [2.24, 2.45) is 0 Å². The van der Waals surface area contributed by atoms with Crippen LogP contribution in [0.25, 0.3) is 0 Å². The Morgan fingerprint density at radius 2 is 1.76 bits per heavy atom. The lowest BCUT2D eigenvalue weighted by atomic mass is 10.1. The number of hydrogen-bond donors (Lipinski definition) is 1. The molecule has 0 aliphatic heterocycles. The highest BCUT2D eigenvalue weighted by Gasteiger charge is 2.26. The molecule has 2 rings (SSSR count). The molecule has 0 fully saturated rings. The quantitative estimate of drug-likeness (QED) is 0.878. The van der Waals surface area contributed by atoms with Crippen LogP contribution < -0.4 is 5.32 Å². The number of nitrogens with one attached hydrogen (secondary N) is 1. The van der Waals surface area contributed by atoms with Crippen LogP contribution in [0.4, 0.5) is 4.39 Å². The molecule has 2 amide bonds. The van der Waals surface area contributed by atoms with E-state index in [0.29, 0.717) is 5.56 Å². The molecule has 1 atom stereocenters. The fraction of sp³-hybridized carbons (Fsp3) is 0.300. The van der Waals surface area contributed by atoms with Gasteiger partial charge in [-0.05, 0) is 25.5 Å². The van der Waals surface area contributed by atoms with Crippen LogP contribution in [0.2, 0.25) is 0 Å². The number of carbonyl (C=O) groups excluding carboxylic acids is 2. The van der Waals surface area contributed by atoms with Gasteiger partial charge >= 0.3 is 0 Å². The van der Waals surface area contributed by atoms with Crippen molar-refractivity contribution < 1.29 is 14.0 Å². The molecule has 0 saturated heterocycles. The van der Waals surface area contributed by atoms with E-state index in [4.69, 9.17) is 0 Å². The number of carbonyl (C=O) groups is 2. The summed E-state index contributed by atoms with van der Waals surface area (Å²) in [5.74, 6) is -0.892. The molecule has 0 aliphatic rings. The first-order valence-electron chi connectivity index (χ1n) is 8.22. The molecule has 2 aromatic rings. The predicted molar refractivity (Wildman–Crippen MR) is 95.4 cm³/mol. The molecule has 0 aliphatic carbocycles. The Bertz CT molecular complexity index is 744. The maximum absolute atomic E-state index is 14.0. The van der Waals surface area contributed by atoms with Crippen molar-refractivity contribution in [3.63, 3.8) is 0 Å². The maximum Gasteiger partial charge on any atom is 0.242 e. The SMILES string of the molecule is CNC(=O)[C@H](C)N(Cc1ccccc1F)C(=O)Cc1ccc(C)cc1. The molecule has 1 N–H and O–H groups in total. The van der Waals surface area contributed by atoms with Crippen molar-refractivity contribution in [2.75, 3.05) is 7.05 Å². The fourth-order valence-electron chi connectivity index (χ4n) is 2.58. The smallest absolute Gasteiger partial charge is 0.242 e. The summed E-state index contributed by atoms with van der Waals surface area (Å²) in [7, 11) is 1.52. The van der Waals surface area contributed by atoms with Gasteiger partial charge in [-0.15, -0.1) is 0 Å². The lowest BCUT2D eigenvalue weighted by Crippen LogP contribution is -2.47. The number of rotatable bonds is 6. The first-order valence-corrected chi connectivity index (χ1v) is 8.22. The van der Waals surface area contributed by atoms with E-state index >= 15 is 0 Å². The average Bonchev–Trinajstić information content (AvgIpc) is 2.61. The molecule has 25 heavy (non-hydrogen) atoms. The predicted octanol–water partition coefficient (Wildman–Crippen LogP) is 2.84. The van der Waals surface area contributed by atoms with Gasteiger partial charge in [0.25, 0.3) is 0 Å².